The van der Waals surface area contributed by atoms with E-state index < -0.39 is 0 Å². The van der Waals surface area contributed by atoms with Crippen molar-refractivity contribution in [3.8, 4) is 11.3 Å². The molecule has 168 valence electrons. The van der Waals surface area contributed by atoms with Gasteiger partial charge >= 0.3 is 0 Å². The van der Waals surface area contributed by atoms with Crippen molar-refractivity contribution in [3.05, 3.63) is 45.6 Å². The molecule has 0 aliphatic carbocycles. The number of fused-ring (bicyclic) bond motifs is 1. The number of nitrogens with one attached hydrogen (secondary N) is 1. The summed E-state index contributed by atoms with van der Waals surface area (Å²) >= 11 is 8.16. The molecule has 2 aliphatic heterocycles. The monoisotopic (exact) mass is 470 g/mol. The molecular formula is C24H27ClN4O2S. The number of hydrogen-bond acceptors (Lipinski definition) is 6. The van der Waals surface area contributed by atoms with Crippen LogP contribution in [0.1, 0.15) is 35.3 Å². The molecule has 2 fully saturated rings. The third kappa shape index (κ3) is 4.53. The molecule has 2 aromatic heterocycles. The van der Waals surface area contributed by atoms with Gasteiger partial charge in [-0.05, 0) is 49.1 Å². The number of thiophene rings is 1. The minimum absolute atomic E-state index is 0.128. The first-order chi connectivity index (χ1) is 15.6. The number of morpholine rings is 1. The van der Waals surface area contributed by atoms with Crippen LogP contribution in [0.4, 0.5) is 0 Å². The topological polar surface area (TPSA) is 67.4 Å². The first-order valence-electron chi connectivity index (χ1n) is 11.2. The fraction of sp³-hybridized carbons (Fsp3) is 0.458. The van der Waals surface area contributed by atoms with Crippen LogP contribution in [-0.4, -0.2) is 53.1 Å². The molecule has 2 saturated heterocycles. The van der Waals surface area contributed by atoms with Crippen LogP contribution in [0, 0.1) is 6.92 Å². The summed E-state index contributed by atoms with van der Waals surface area (Å²) < 4.78 is 7.02. The number of carbonyl (C=O) groups excluding carboxylic acids is 1. The van der Waals surface area contributed by atoms with Crippen molar-refractivity contribution in [1.82, 2.24) is 20.2 Å². The second-order valence-electron chi connectivity index (χ2n) is 8.57. The zero-order chi connectivity index (χ0) is 22.1. The van der Waals surface area contributed by atoms with E-state index in [0.29, 0.717) is 18.0 Å². The van der Waals surface area contributed by atoms with E-state index in [-0.39, 0.29) is 12.0 Å². The molecule has 1 amide bonds. The maximum Gasteiger partial charge on any atom is 0.222 e. The molecule has 5 rings (SSSR count). The predicted octanol–water partition coefficient (Wildman–Crippen LogP) is 4.36. The van der Waals surface area contributed by atoms with E-state index >= 15 is 0 Å². The number of nitrogens with zero attached hydrogens (tertiary/aromatic N) is 3. The van der Waals surface area contributed by atoms with Gasteiger partial charge in [-0.15, -0.1) is 11.3 Å². The molecular weight excluding hydrogens is 444 g/mol. The molecule has 0 radical (unpaired) electrons. The molecule has 1 aromatic carbocycles. The van der Waals surface area contributed by atoms with Crippen molar-refractivity contribution in [2.75, 3.05) is 26.2 Å². The van der Waals surface area contributed by atoms with Crippen molar-refractivity contribution in [1.29, 1.82) is 0 Å². The van der Waals surface area contributed by atoms with Crippen LogP contribution in [0.25, 0.3) is 21.5 Å². The van der Waals surface area contributed by atoms with E-state index in [1.165, 1.54) is 5.56 Å². The van der Waals surface area contributed by atoms with Gasteiger partial charge in [0.2, 0.25) is 5.91 Å². The molecule has 8 heteroatoms. The zero-order valence-electron chi connectivity index (χ0n) is 18.2. The maximum atomic E-state index is 12.3. The van der Waals surface area contributed by atoms with Gasteiger partial charge < -0.3 is 15.0 Å². The number of likely N-dealkylation sites (tertiary alicyclic amines) is 1. The average molecular weight is 471 g/mol. The number of aromatic nitrogens is 2. The van der Waals surface area contributed by atoms with E-state index in [1.807, 2.05) is 17.0 Å². The lowest BCUT2D eigenvalue weighted by molar-refractivity contribution is -0.133. The van der Waals surface area contributed by atoms with Gasteiger partial charge in [0, 0.05) is 47.9 Å². The van der Waals surface area contributed by atoms with Crippen molar-refractivity contribution in [2.45, 2.75) is 45.3 Å². The van der Waals surface area contributed by atoms with Gasteiger partial charge in [0.25, 0.3) is 0 Å². The Morgan fingerprint density at radius 3 is 3.00 bits per heavy atom. The number of aryl methyl sites for hydroxylation is 1. The lowest BCUT2D eigenvalue weighted by Crippen LogP contribution is -2.39. The summed E-state index contributed by atoms with van der Waals surface area (Å²) in [5.74, 6) is 0.244. The largest absolute Gasteiger partial charge is 0.375 e. The molecule has 1 N–H and O–H groups in total. The Balaban J connectivity index is 1.52. The lowest BCUT2D eigenvalue weighted by atomic mass is 9.94. The molecule has 32 heavy (non-hydrogen) atoms. The standard InChI is InChI=1S/C24H27ClN4O2S/c1-15-8-16(25)9-20(19(15)10-17-12-26-5-7-31-17)23-24-21(27-14-28-23)11-18(32-24)13-29-6-3-2-4-22(29)30/h8-9,11,14,17,26H,2-7,10,12-13H2,1H3. The Kier molecular flexibility index (Phi) is 6.42. The molecule has 2 aliphatic rings. The highest BCUT2D eigenvalue weighted by atomic mass is 35.5. The number of carbonyl (C=O) groups is 1. The third-order valence-electron chi connectivity index (χ3n) is 6.26. The fourth-order valence-corrected chi connectivity index (χ4v) is 6.03. The minimum Gasteiger partial charge on any atom is -0.375 e. The van der Waals surface area contributed by atoms with E-state index in [4.69, 9.17) is 21.3 Å². The van der Waals surface area contributed by atoms with Crippen LogP contribution in [0.2, 0.25) is 5.02 Å². The lowest BCUT2D eigenvalue weighted by Gasteiger charge is -2.26. The van der Waals surface area contributed by atoms with Crippen LogP contribution in [0.5, 0.6) is 0 Å². The summed E-state index contributed by atoms with van der Waals surface area (Å²) in [7, 11) is 0. The molecule has 6 nitrogen and oxygen atoms in total. The van der Waals surface area contributed by atoms with Crippen molar-refractivity contribution in [2.24, 2.45) is 0 Å². The van der Waals surface area contributed by atoms with Gasteiger partial charge in [-0.1, -0.05) is 11.6 Å². The number of amides is 1. The normalized spacial score (nSPS) is 19.6. The number of hydrogen-bond donors (Lipinski definition) is 1. The van der Waals surface area contributed by atoms with Crippen molar-refractivity contribution >= 4 is 39.1 Å². The first kappa shape index (κ1) is 21.8. The summed E-state index contributed by atoms with van der Waals surface area (Å²) in [5.41, 5.74) is 5.21. The van der Waals surface area contributed by atoms with Gasteiger partial charge in [0.05, 0.1) is 35.2 Å². The van der Waals surface area contributed by atoms with Crippen LogP contribution in [0.3, 0.4) is 0 Å². The number of piperidine rings is 1. The van der Waals surface area contributed by atoms with Crippen LogP contribution in [0.15, 0.2) is 24.5 Å². The Bertz CT molecular complexity index is 1140. The number of rotatable bonds is 5. The zero-order valence-corrected chi connectivity index (χ0v) is 19.8. The molecule has 4 heterocycles. The van der Waals surface area contributed by atoms with Crippen LogP contribution < -0.4 is 5.32 Å². The maximum absolute atomic E-state index is 12.3. The molecule has 3 aromatic rings. The molecule has 1 unspecified atom stereocenters. The molecule has 0 bridgehead atoms. The minimum atomic E-state index is 0.128. The summed E-state index contributed by atoms with van der Waals surface area (Å²) in [6, 6.07) is 6.12. The van der Waals surface area contributed by atoms with E-state index in [1.54, 1.807) is 17.7 Å². The Labute approximate surface area is 197 Å². The highest BCUT2D eigenvalue weighted by molar-refractivity contribution is 7.19. The van der Waals surface area contributed by atoms with Crippen molar-refractivity contribution < 1.29 is 9.53 Å². The Morgan fingerprint density at radius 2 is 2.19 bits per heavy atom. The Morgan fingerprint density at radius 1 is 1.28 bits per heavy atom. The molecule has 1 atom stereocenters. The smallest absolute Gasteiger partial charge is 0.222 e. The molecule has 0 saturated carbocycles. The highest BCUT2D eigenvalue weighted by Gasteiger charge is 2.23. The second-order valence-corrected chi connectivity index (χ2v) is 10.1. The summed E-state index contributed by atoms with van der Waals surface area (Å²) in [4.78, 5) is 24.6. The number of ether oxygens (including phenoxy) is 1. The summed E-state index contributed by atoms with van der Waals surface area (Å²) in [6.07, 6.45) is 5.28. The van der Waals surface area contributed by atoms with Gasteiger partial charge in [-0.25, -0.2) is 9.97 Å². The van der Waals surface area contributed by atoms with Gasteiger partial charge in [0.15, 0.2) is 0 Å². The van der Waals surface area contributed by atoms with E-state index in [0.717, 1.165) is 77.4 Å². The third-order valence-corrected chi connectivity index (χ3v) is 7.59. The Hall–Kier alpha value is -2.06. The average Bonchev–Trinajstić information content (AvgIpc) is 3.20. The second kappa shape index (κ2) is 9.43. The highest BCUT2D eigenvalue weighted by Crippen LogP contribution is 2.37. The van der Waals surface area contributed by atoms with Gasteiger partial charge in [-0.2, -0.15) is 0 Å². The summed E-state index contributed by atoms with van der Waals surface area (Å²) in [5, 5.41) is 4.11. The first-order valence-corrected chi connectivity index (χ1v) is 12.4. The van der Waals surface area contributed by atoms with Crippen LogP contribution >= 0.6 is 22.9 Å². The SMILES string of the molecule is Cc1cc(Cl)cc(-c2ncnc3cc(CN4CCCCC4=O)sc23)c1CC1CNCCO1. The number of benzene rings is 1. The van der Waals surface area contributed by atoms with E-state index in [9.17, 15) is 4.79 Å². The van der Waals surface area contributed by atoms with Crippen LogP contribution in [-0.2, 0) is 22.5 Å². The van der Waals surface area contributed by atoms with Gasteiger partial charge in [-0.3, -0.25) is 4.79 Å². The fourth-order valence-electron chi connectivity index (χ4n) is 4.62. The van der Waals surface area contributed by atoms with Gasteiger partial charge in [0.1, 0.15) is 6.33 Å². The van der Waals surface area contributed by atoms with E-state index in [2.05, 4.69) is 23.3 Å². The van der Waals surface area contributed by atoms with Crippen molar-refractivity contribution in [3.63, 3.8) is 0 Å². The predicted molar refractivity (Wildman–Crippen MR) is 128 cm³/mol. The number of halogens is 1. The summed E-state index contributed by atoms with van der Waals surface area (Å²) in [6.45, 7) is 6.04. The molecule has 0 spiro atoms. The quantitative estimate of drug-likeness (QED) is 0.600.